The summed E-state index contributed by atoms with van der Waals surface area (Å²) < 4.78 is 1.74. The summed E-state index contributed by atoms with van der Waals surface area (Å²) in [6.07, 6.45) is 3.52. The van der Waals surface area contributed by atoms with Crippen LogP contribution >= 0.6 is 11.6 Å². The molecule has 0 fully saturated rings. The fraction of sp³-hybridized carbons (Fsp3) is 0.286. The van der Waals surface area contributed by atoms with Gasteiger partial charge in [0, 0.05) is 6.20 Å². The zero-order chi connectivity index (χ0) is 15.1. The molecule has 0 atom stereocenters. The number of rotatable bonds is 2. The molecule has 3 aromatic rings. The lowest BCUT2D eigenvalue weighted by Crippen LogP contribution is -2.08. The van der Waals surface area contributed by atoms with E-state index < -0.39 is 0 Å². The predicted octanol–water partition coefficient (Wildman–Crippen LogP) is 2.43. The highest BCUT2D eigenvalue weighted by Crippen LogP contribution is 2.22. The lowest BCUT2D eigenvalue weighted by Gasteiger charge is -2.10. The Labute approximate surface area is 127 Å². The molecule has 0 bridgehead atoms. The number of aryl methyl sites for hydroxylation is 1. The molecule has 0 amide bonds. The van der Waals surface area contributed by atoms with Gasteiger partial charge in [0.05, 0.1) is 23.8 Å². The highest BCUT2D eigenvalue weighted by molar-refractivity contribution is 6.34. The largest absolute Gasteiger partial charge is 0.368 e. The number of aromatic nitrogens is 5. The van der Waals surface area contributed by atoms with Gasteiger partial charge in [-0.3, -0.25) is 4.98 Å². The number of hydrogen-bond donors (Lipinski definition) is 1. The van der Waals surface area contributed by atoms with Crippen LogP contribution in [-0.2, 0) is 6.54 Å². The molecule has 3 aromatic heterocycles. The van der Waals surface area contributed by atoms with Crippen LogP contribution in [0.4, 0.5) is 5.95 Å². The SMILES string of the molecule is Cc1cnc(Cn2ncc3c(Cl)nc(N)nc32)c(C)c1C. The molecular formula is C14H15ClN6. The van der Waals surface area contributed by atoms with E-state index in [0.717, 1.165) is 11.3 Å². The summed E-state index contributed by atoms with van der Waals surface area (Å²) in [6.45, 7) is 6.72. The molecule has 0 aliphatic carbocycles. The molecule has 0 radical (unpaired) electrons. The van der Waals surface area contributed by atoms with Crippen LogP contribution in [0.2, 0.25) is 5.15 Å². The number of nitrogens with zero attached hydrogens (tertiary/aromatic N) is 5. The van der Waals surface area contributed by atoms with E-state index in [9.17, 15) is 0 Å². The van der Waals surface area contributed by atoms with Gasteiger partial charge < -0.3 is 5.73 Å². The highest BCUT2D eigenvalue weighted by atomic mass is 35.5. The Hall–Kier alpha value is -2.21. The van der Waals surface area contributed by atoms with E-state index in [4.69, 9.17) is 17.3 Å². The van der Waals surface area contributed by atoms with Crippen LogP contribution in [0, 0.1) is 20.8 Å². The maximum atomic E-state index is 6.06. The van der Waals surface area contributed by atoms with Gasteiger partial charge in [-0.1, -0.05) is 11.6 Å². The molecule has 3 heterocycles. The molecular weight excluding hydrogens is 288 g/mol. The van der Waals surface area contributed by atoms with Crippen LogP contribution in [0.1, 0.15) is 22.4 Å². The Kier molecular flexibility index (Phi) is 3.25. The van der Waals surface area contributed by atoms with Crippen molar-refractivity contribution in [2.75, 3.05) is 5.73 Å². The molecule has 0 aliphatic heterocycles. The number of halogens is 1. The van der Waals surface area contributed by atoms with Gasteiger partial charge in [0.1, 0.15) is 5.15 Å². The molecule has 0 aromatic carbocycles. The highest BCUT2D eigenvalue weighted by Gasteiger charge is 2.13. The van der Waals surface area contributed by atoms with Crippen LogP contribution in [0.25, 0.3) is 11.0 Å². The molecule has 3 rings (SSSR count). The Balaban J connectivity index is 2.09. The van der Waals surface area contributed by atoms with Crippen molar-refractivity contribution < 1.29 is 0 Å². The zero-order valence-corrected chi connectivity index (χ0v) is 12.8. The Morgan fingerprint density at radius 2 is 1.90 bits per heavy atom. The third-order valence-electron chi connectivity index (χ3n) is 3.77. The number of pyridine rings is 1. The first kappa shape index (κ1) is 13.8. The van der Waals surface area contributed by atoms with Crippen molar-refractivity contribution in [2.45, 2.75) is 27.3 Å². The van der Waals surface area contributed by atoms with Gasteiger partial charge in [-0.05, 0) is 37.5 Å². The Morgan fingerprint density at radius 3 is 2.67 bits per heavy atom. The molecule has 0 aliphatic rings. The van der Waals surface area contributed by atoms with Gasteiger partial charge in [-0.25, -0.2) is 9.67 Å². The second-order valence-electron chi connectivity index (χ2n) is 5.05. The maximum Gasteiger partial charge on any atom is 0.223 e. The minimum atomic E-state index is 0.138. The van der Waals surface area contributed by atoms with Gasteiger partial charge >= 0.3 is 0 Å². The van der Waals surface area contributed by atoms with Crippen LogP contribution in [0.5, 0.6) is 0 Å². The monoisotopic (exact) mass is 302 g/mol. The van der Waals surface area contributed by atoms with Crippen molar-refractivity contribution in [3.8, 4) is 0 Å². The molecule has 0 unspecified atom stereocenters. The van der Waals surface area contributed by atoms with Crippen LogP contribution in [-0.4, -0.2) is 24.7 Å². The normalized spacial score (nSPS) is 11.2. The van der Waals surface area contributed by atoms with E-state index >= 15 is 0 Å². The molecule has 2 N–H and O–H groups in total. The summed E-state index contributed by atoms with van der Waals surface area (Å²) in [5, 5.41) is 5.32. The van der Waals surface area contributed by atoms with Crippen molar-refractivity contribution >= 4 is 28.6 Å². The molecule has 21 heavy (non-hydrogen) atoms. The van der Waals surface area contributed by atoms with Crippen molar-refractivity contribution in [1.29, 1.82) is 0 Å². The second kappa shape index (κ2) is 4.96. The zero-order valence-electron chi connectivity index (χ0n) is 12.1. The minimum absolute atomic E-state index is 0.138. The van der Waals surface area contributed by atoms with Gasteiger partial charge in [-0.15, -0.1) is 0 Å². The fourth-order valence-corrected chi connectivity index (χ4v) is 2.45. The fourth-order valence-electron chi connectivity index (χ4n) is 2.23. The molecule has 0 saturated heterocycles. The summed E-state index contributed by atoms with van der Waals surface area (Å²) in [4.78, 5) is 12.6. The van der Waals surface area contributed by atoms with Crippen molar-refractivity contribution in [1.82, 2.24) is 24.7 Å². The topological polar surface area (TPSA) is 82.5 Å². The predicted molar refractivity (Wildman–Crippen MR) is 82.3 cm³/mol. The van der Waals surface area contributed by atoms with E-state index in [1.165, 1.54) is 11.1 Å². The van der Waals surface area contributed by atoms with Crippen molar-refractivity contribution in [2.24, 2.45) is 0 Å². The first-order valence-electron chi connectivity index (χ1n) is 6.53. The first-order chi connectivity index (χ1) is 9.97. The number of nitrogens with two attached hydrogens (primary N) is 1. The summed E-state index contributed by atoms with van der Waals surface area (Å²) in [5.74, 6) is 0.138. The Bertz CT molecular complexity index is 839. The second-order valence-corrected chi connectivity index (χ2v) is 5.41. The molecule has 108 valence electrons. The quantitative estimate of drug-likeness (QED) is 0.735. The minimum Gasteiger partial charge on any atom is -0.368 e. The Morgan fingerprint density at radius 1 is 1.14 bits per heavy atom. The van der Waals surface area contributed by atoms with E-state index in [2.05, 4.69) is 40.8 Å². The van der Waals surface area contributed by atoms with Gasteiger partial charge in [0.15, 0.2) is 5.65 Å². The van der Waals surface area contributed by atoms with E-state index in [1.807, 2.05) is 6.20 Å². The number of hydrogen-bond acceptors (Lipinski definition) is 5. The number of nitrogen functional groups attached to an aromatic ring is 1. The summed E-state index contributed by atoms with van der Waals surface area (Å²) in [7, 11) is 0. The molecule has 0 saturated carbocycles. The average molecular weight is 303 g/mol. The van der Waals surface area contributed by atoms with E-state index in [0.29, 0.717) is 22.7 Å². The van der Waals surface area contributed by atoms with Gasteiger partial charge in [0.25, 0.3) is 0 Å². The molecule has 7 heteroatoms. The first-order valence-corrected chi connectivity index (χ1v) is 6.91. The summed E-state index contributed by atoms with van der Waals surface area (Å²) >= 11 is 6.06. The third kappa shape index (κ3) is 2.31. The van der Waals surface area contributed by atoms with Gasteiger partial charge in [0.2, 0.25) is 5.95 Å². The summed E-state index contributed by atoms with van der Waals surface area (Å²) in [5.41, 5.74) is 10.8. The van der Waals surface area contributed by atoms with Crippen molar-refractivity contribution in [3.63, 3.8) is 0 Å². The van der Waals surface area contributed by atoms with E-state index in [-0.39, 0.29) is 5.95 Å². The summed E-state index contributed by atoms with van der Waals surface area (Å²) in [6, 6.07) is 0. The number of anilines is 1. The van der Waals surface area contributed by atoms with Gasteiger partial charge in [-0.2, -0.15) is 10.1 Å². The standard InChI is InChI=1S/C14H15ClN6/c1-7-4-17-11(9(3)8(7)2)6-21-13-10(5-18-21)12(15)19-14(16)20-13/h4-5H,6H2,1-3H3,(H2,16,19,20). The maximum absolute atomic E-state index is 6.06. The van der Waals surface area contributed by atoms with Crippen LogP contribution in [0.15, 0.2) is 12.4 Å². The van der Waals surface area contributed by atoms with Crippen LogP contribution < -0.4 is 5.73 Å². The van der Waals surface area contributed by atoms with Crippen LogP contribution in [0.3, 0.4) is 0 Å². The van der Waals surface area contributed by atoms with E-state index in [1.54, 1.807) is 10.9 Å². The lowest BCUT2D eigenvalue weighted by atomic mass is 10.1. The smallest absolute Gasteiger partial charge is 0.223 e. The molecule has 6 nitrogen and oxygen atoms in total. The molecule has 0 spiro atoms. The van der Waals surface area contributed by atoms with Crippen molar-refractivity contribution in [3.05, 3.63) is 39.9 Å². The third-order valence-corrected chi connectivity index (χ3v) is 4.06. The lowest BCUT2D eigenvalue weighted by molar-refractivity contribution is 0.684. The number of fused-ring (bicyclic) bond motifs is 1. The average Bonchev–Trinajstić information content (AvgIpc) is 2.83.